The van der Waals surface area contributed by atoms with E-state index in [1.165, 1.54) is 0 Å². The van der Waals surface area contributed by atoms with E-state index in [-0.39, 0.29) is 24.2 Å². The summed E-state index contributed by atoms with van der Waals surface area (Å²) in [6.07, 6.45) is 1.01. The van der Waals surface area contributed by atoms with E-state index >= 15 is 0 Å². The summed E-state index contributed by atoms with van der Waals surface area (Å²) in [4.78, 5) is 25.9. The fourth-order valence-electron chi connectivity index (χ4n) is 2.48. The van der Waals surface area contributed by atoms with Crippen LogP contribution in [0.1, 0.15) is 12.8 Å². The second-order valence-electron chi connectivity index (χ2n) is 5.24. The standard InChI is InChI=1S/C16H22N2O4/c1-21-8-4-7-17-16(20)12-9-15(19)18(11-12)13-5-3-6-14(10-13)22-2/h3,5-6,10,12H,4,7-9,11H2,1-2H3,(H,17,20). The van der Waals surface area contributed by atoms with Crippen molar-refractivity contribution in [3.8, 4) is 5.75 Å². The zero-order chi connectivity index (χ0) is 15.9. The Kier molecular flexibility index (Phi) is 5.77. The number of nitrogens with one attached hydrogen (secondary N) is 1. The lowest BCUT2D eigenvalue weighted by Crippen LogP contribution is -2.33. The molecule has 1 aliphatic heterocycles. The Hall–Kier alpha value is -2.08. The molecular formula is C16H22N2O4. The maximum absolute atomic E-state index is 12.2. The van der Waals surface area contributed by atoms with Crippen LogP contribution in [0, 0.1) is 5.92 Å². The van der Waals surface area contributed by atoms with Crippen LogP contribution in [0.2, 0.25) is 0 Å². The number of hydrogen-bond acceptors (Lipinski definition) is 4. The molecule has 22 heavy (non-hydrogen) atoms. The monoisotopic (exact) mass is 306 g/mol. The number of carbonyl (C=O) groups excluding carboxylic acids is 2. The maximum Gasteiger partial charge on any atom is 0.227 e. The second-order valence-corrected chi connectivity index (χ2v) is 5.24. The predicted molar refractivity (Wildman–Crippen MR) is 83.0 cm³/mol. The molecule has 0 radical (unpaired) electrons. The zero-order valence-electron chi connectivity index (χ0n) is 13.0. The minimum atomic E-state index is -0.304. The number of hydrogen-bond donors (Lipinski definition) is 1. The molecule has 1 saturated heterocycles. The molecule has 0 bridgehead atoms. The first kappa shape index (κ1) is 16.3. The highest BCUT2D eigenvalue weighted by atomic mass is 16.5. The van der Waals surface area contributed by atoms with Gasteiger partial charge in [0.05, 0.1) is 13.0 Å². The first-order valence-corrected chi connectivity index (χ1v) is 7.36. The summed E-state index contributed by atoms with van der Waals surface area (Å²) < 4.78 is 10.1. The van der Waals surface area contributed by atoms with Crippen LogP contribution in [0.3, 0.4) is 0 Å². The molecule has 2 amide bonds. The van der Waals surface area contributed by atoms with Gasteiger partial charge in [-0.3, -0.25) is 9.59 Å². The number of ether oxygens (including phenoxy) is 2. The van der Waals surface area contributed by atoms with Crippen molar-refractivity contribution >= 4 is 17.5 Å². The molecule has 0 aromatic heterocycles. The minimum absolute atomic E-state index is 0.0368. The van der Waals surface area contributed by atoms with Crippen LogP contribution >= 0.6 is 0 Å². The molecule has 2 rings (SSSR count). The normalized spacial score (nSPS) is 17.6. The molecule has 1 aliphatic rings. The highest BCUT2D eigenvalue weighted by Gasteiger charge is 2.35. The van der Waals surface area contributed by atoms with Crippen molar-refractivity contribution in [1.82, 2.24) is 5.32 Å². The lowest BCUT2D eigenvalue weighted by atomic mass is 10.1. The molecule has 0 saturated carbocycles. The Morgan fingerprint density at radius 1 is 1.41 bits per heavy atom. The molecule has 1 fully saturated rings. The average molecular weight is 306 g/mol. The lowest BCUT2D eigenvalue weighted by molar-refractivity contribution is -0.126. The van der Waals surface area contributed by atoms with Gasteiger partial charge in [0, 0.05) is 45.0 Å². The molecule has 1 heterocycles. The predicted octanol–water partition coefficient (Wildman–Crippen LogP) is 1.20. The smallest absolute Gasteiger partial charge is 0.227 e. The molecular weight excluding hydrogens is 284 g/mol. The Morgan fingerprint density at radius 2 is 2.23 bits per heavy atom. The number of anilines is 1. The average Bonchev–Trinajstić information content (AvgIpc) is 2.93. The fourth-order valence-corrected chi connectivity index (χ4v) is 2.48. The van der Waals surface area contributed by atoms with Crippen molar-refractivity contribution in [3.05, 3.63) is 24.3 Å². The number of carbonyl (C=O) groups is 2. The summed E-state index contributed by atoms with van der Waals surface area (Å²) in [5.74, 6) is 0.277. The summed E-state index contributed by atoms with van der Waals surface area (Å²) in [6.45, 7) is 1.58. The van der Waals surface area contributed by atoms with Gasteiger partial charge in [-0.1, -0.05) is 6.07 Å². The van der Waals surface area contributed by atoms with E-state index < -0.39 is 0 Å². The van der Waals surface area contributed by atoms with Crippen molar-refractivity contribution in [2.24, 2.45) is 5.92 Å². The Morgan fingerprint density at radius 3 is 2.95 bits per heavy atom. The van der Waals surface area contributed by atoms with Crippen LogP contribution in [0.15, 0.2) is 24.3 Å². The van der Waals surface area contributed by atoms with Crippen LogP contribution in [-0.2, 0) is 14.3 Å². The highest BCUT2D eigenvalue weighted by molar-refractivity contribution is 6.00. The van der Waals surface area contributed by atoms with Gasteiger partial charge >= 0.3 is 0 Å². The number of methoxy groups -OCH3 is 2. The van der Waals surface area contributed by atoms with E-state index in [9.17, 15) is 9.59 Å². The zero-order valence-corrected chi connectivity index (χ0v) is 13.0. The van der Waals surface area contributed by atoms with Crippen LogP contribution in [0.25, 0.3) is 0 Å². The summed E-state index contributed by atoms with van der Waals surface area (Å²) >= 11 is 0. The van der Waals surface area contributed by atoms with Gasteiger partial charge in [-0.25, -0.2) is 0 Å². The van der Waals surface area contributed by atoms with Gasteiger partial charge in [-0.15, -0.1) is 0 Å². The van der Waals surface area contributed by atoms with Gasteiger partial charge < -0.3 is 19.7 Å². The molecule has 1 atom stereocenters. The SMILES string of the molecule is COCCCNC(=O)C1CC(=O)N(c2cccc(OC)c2)C1. The van der Waals surface area contributed by atoms with Crippen LogP contribution in [0.5, 0.6) is 5.75 Å². The van der Waals surface area contributed by atoms with Gasteiger partial charge in [0.25, 0.3) is 0 Å². The number of nitrogens with zero attached hydrogens (tertiary/aromatic N) is 1. The van der Waals surface area contributed by atoms with E-state index in [0.29, 0.717) is 25.4 Å². The van der Waals surface area contributed by atoms with Crippen molar-refractivity contribution < 1.29 is 19.1 Å². The molecule has 1 unspecified atom stereocenters. The maximum atomic E-state index is 12.2. The third-order valence-corrected chi connectivity index (χ3v) is 3.69. The molecule has 120 valence electrons. The fraction of sp³-hybridized carbons (Fsp3) is 0.500. The summed E-state index contributed by atoms with van der Waals surface area (Å²) in [5, 5.41) is 2.85. The molecule has 1 N–H and O–H groups in total. The Labute approximate surface area is 130 Å². The molecule has 1 aromatic carbocycles. The first-order valence-electron chi connectivity index (χ1n) is 7.36. The molecule has 0 spiro atoms. The number of benzene rings is 1. The largest absolute Gasteiger partial charge is 0.497 e. The summed E-state index contributed by atoms with van der Waals surface area (Å²) in [5.41, 5.74) is 0.763. The molecule has 0 aliphatic carbocycles. The van der Waals surface area contributed by atoms with Gasteiger partial charge in [0.1, 0.15) is 5.75 Å². The number of rotatable bonds is 7. The van der Waals surface area contributed by atoms with Gasteiger partial charge in [0.15, 0.2) is 0 Å². The van der Waals surface area contributed by atoms with Gasteiger partial charge in [-0.2, -0.15) is 0 Å². The summed E-state index contributed by atoms with van der Waals surface area (Å²) in [7, 11) is 3.21. The van der Waals surface area contributed by atoms with Crippen molar-refractivity contribution in [2.45, 2.75) is 12.8 Å². The van der Waals surface area contributed by atoms with E-state index in [4.69, 9.17) is 9.47 Å². The Balaban J connectivity index is 1.93. The lowest BCUT2D eigenvalue weighted by Gasteiger charge is -2.17. The van der Waals surface area contributed by atoms with Gasteiger partial charge in [0.2, 0.25) is 11.8 Å². The molecule has 6 nitrogen and oxygen atoms in total. The van der Waals surface area contributed by atoms with Crippen LogP contribution in [0.4, 0.5) is 5.69 Å². The quantitative estimate of drug-likeness (QED) is 0.769. The number of amides is 2. The third-order valence-electron chi connectivity index (χ3n) is 3.69. The second kappa shape index (κ2) is 7.79. The van der Waals surface area contributed by atoms with E-state index in [1.54, 1.807) is 25.2 Å². The van der Waals surface area contributed by atoms with Crippen molar-refractivity contribution in [2.75, 3.05) is 38.8 Å². The minimum Gasteiger partial charge on any atom is -0.497 e. The topological polar surface area (TPSA) is 67.9 Å². The van der Waals surface area contributed by atoms with Crippen LogP contribution in [-0.4, -0.2) is 45.7 Å². The molecule has 1 aromatic rings. The molecule has 6 heteroatoms. The highest BCUT2D eigenvalue weighted by Crippen LogP contribution is 2.27. The summed E-state index contributed by atoms with van der Waals surface area (Å²) in [6, 6.07) is 7.31. The van der Waals surface area contributed by atoms with E-state index in [1.807, 2.05) is 18.2 Å². The van der Waals surface area contributed by atoms with Crippen molar-refractivity contribution in [1.29, 1.82) is 0 Å². The van der Waals surface area contributed by atoms with Crippen molar-refractivity contribution in [3.63, 3.8) is 0 Å². The van der Waals surface area contributed by atoms with E-state index in [2.05, 4.69) is 5.32 Å². The van der Waals surface area contributed by atoms with Crippen LogP contribution < -0.4 is 15.0 Å². The first-order chi connectivity index (χ1) is 10.7. The Bertz CT molecular complexity index is 533. The third kappa shape index (κ3) is 3.98. The van der Waals surface area contributed by atoms with Gasteiger partial charge in [-0.05, 0) is 18.6 Å². The van der Waals surface area contributed by atoms with E-state index in [0.717, 1.165) is 12.1 Å².